The standard InChI is InChI=1S/C13H17N5O3S/c1-14-13(19)10-7-16-18-11(3-5-15-12(10)18)9-4-6-17(8-9)22(2,20)21/h3,5,7,9H,4,6,8H2,1-2H3,(H,14,19). The number of nitrogens with one attached hydrogen (secondary N) is 1. The molecule has 2 aromatic heterocycles. The molecule has 0 spiro atoms. The summed E-state index contributed by atoms with van der Waals surface area (Å²) in [4.78, 5) is 16.0. The maximum absolute atomic E-state index is 11.8. The Hall–Kier alpha value is -2.00. The third-order valence-electron chi connectivity index (χ3n) is 3.94. The molecule has 2 aromatic rings. The van der Waals surface area contributed by atoms with Gasteiger partial charge in [-0.25, -0.2) is 22.2 Å². The Labute approximate surface area is 128 Å². The largest absolute Gasteiger partial charge is 0.355 e. The van der Waals surface area contributed by atoms with Crippen LogP contribution in [0.2, 0.25) is 0 Å². The molecule has 1 saturated heterocycles. The summed E-state index contributed by atoms with van der Waals surface area (Å²) in [5.74, 6) is -0.207. The van der Waals surface area contributed by atoms with Gasteiger partial charge in [-0.05, 0) is 12.5 Å². The third-order valence-corrected chi connectivity index (χ3v) is 5.21. The number of amides is 1. The zero-order chi connectivity index (χ0) is 15.9. The lowest BCUT2D eigenvalue weighted by molar-refractivity contribution is 0.0964. The molecule has 0 radical (unpaired) electrons. The molecule has 1 amide bonds. The predicted molar refractivity (Wildman–Crippen MR) is 80.2 cm³/mol. The van der Waals surface area contributed by atoms with Crippen molar-refractivity contribution >= 4 is 21.6 Å². The lowest BCUT2D eigenvalue weighted by Crippen LogP contribution is -2.27. The summed E-state index contributed by atoms with van der Waals surface area (Å²) in [6, 6.07) is 1.82. The minimum Gasteiger partial charge on any atom is -0.355 e. The van der Waals surface area contributed by atoms with E-state index in [4.69, 9.17) is 0 Å². The van der Waals surface area contributed by atoms with Crippen LogP contribution in [0.5, 0.6) is 0 Å². The fraction of sp³-hybridized carbons (Fsp3) is 0.462. The van der Waals surface area contributed by atoms with Crippen molar-refractivity contribution in [3.63, 3.8) is 0 Å². The van der Waals surface area contributed by atoms with Crippen LogP contribution < -0.4 is 5.32 Å². The normalized spacial score (nSPS) is 19.6. The van der Waals surface area contributed by atoms with Gasteiger partial charge in [-0.3, -0.25) is 4.79 Å². The average molecular weight is 323 g/mol. The second-order valence-electron chi connectivity index (χ2n) is 5.35. The zero-order valence-electron chi connectivity index (χ0n) is 12.4. The number of nitrogens with zero attached hydrogens (tertiary/aromatic N) is 4. The van der Waals surface area contributed by atoms with Crippen LogP contribution in [0.15, 0.2) is 18.5 Å². The SMILES string of the molecule is CNC(=O)c1cnn2c(C3CCN(S(C)(=O)=O)C3)ccnc12. The van der Waals surface area contributed by atoms with Crippen LogP contribution in [-0.4, -0.2) is 59.6 Å². The molecule has 9 heteroatoms. The van der Waals surface area contributed by atoms with Crippen molar-refractivity contribution in [2.45, 2.75) is 12.3 Å². The third kappa shape index (κ3) is 2.46. The zero-order valence-corrected chi connectivity index (χ0v) is 13.2. The summed E-state index contributed by atoms with van der Waals surface area (Å²) >= 11 is 0. The minimum absolute atomic E-state index is 0.0395. The first-order chi connectivity index (χ1) is 10.4. The molecule has 0 saturated carbocycles. The van der Waals surface area contributed by atoms with Gasteiger partial charge in [0.1, 0.15) is 5.56 Å². The molecule has 1 unspecified atom stereocenters. The molecule has 3 heterocycles. The van der Waals surface area contributed by atoms with Crippen molar-refractivity contribution in [2.24, 2.45) is 0 Å². The number of sulfonamides is 1. The smallest absolute Gasteiger partial charge is 0.256 e. The van der Waals surface area contributed by atoms with Gasteiger partial charge in [-0.2, -0.15) is 5.10 Å². The Morgan fingerprint density at radius 3 is 2.86 bits per heavy atom. The summed E-state index contributed by atoms with van der Waals surface area (Å²) in [6.45, 7) is 0.921. The Morgan fingerprint density at radius 2 is 2.23 bits per heavy atom. The first-order valence-electron chi connectivity index (χ1n) is 6.91. The molecule has 1 aliphatic rings. The molecule has 1 aliphatic heterocycles. The van der Waals surface area contributed by atoms with Crippen LogP contribution in [0, 0.1) is 0 Å². The van der Waals surface area contributed by atoms with Gasteiger partial charge in [-0.15, -0.1) is 0 Å². The number of carbonyl (C=O) groups is 1. The molecule has 1 atom stereocenters. The van der Waals surface area contributed by atoms with Gasteiger partial charge >= 0.3 is 0 Å². The molecule has 0 bridgehead atoms. The summed E-state index contributed by atoms with van der Waals surface area (Å²) in [6.07, 6.45) is 5.05. The first-order valence-corrected chi connectivity index (χ1v) is 8.76. The predicted octanol–water partition coefficient (Wildman–Crippen LogP) is -0.162. The maximum Gasteiger partial charge on any atom is 0.256 e. The van der Waals surface area contributed by atoms with Gasteiger partial charge in [0.2, 0.25) is 10.0 Å². The molecule has 0 aromatic carbocycles. The van der Waals surface area contributed by atoms with E-state index in [1.807, 2.05) is 6.07 Å². The highest BCUT2D eigenvalue weighted by atomic mass is 32.2. The Balaban J connectivity index is 1.99. The Morgan fingerprint density at radius 1 is 1.45 bits per heavy atom. The van der Waals surface area contributed by atoms with Crippen LogP contribution in [-0.2, 0) is 10.0 Å². The van der Waals surface area contributed by atoms with E-state index in [9.17, 15) is 13.2 Å². The van der Waals surface area contributed by atoms with Gasteiger partial charge < -0.3 is 5.32 Å². The van der Waals surface area contributed by atoms with Gasteiger partial charge in [0, 0.05) is 32.3 Å². The van der Waals surface area contributed by atoms with Crippen molar-refractivity contribution in [2.75, 3.05) is 26.4 Å². The first kappa shape index (κ1) is 14.9. The summed E-state index contributed by atoms with van der Waals surface area (Å²) in [5.41, 5.74) is 1.75. The molecular weight excluding hydrogens is 306 g/mol. The second-order valence-corrected chi connectivity index (χ2v) is 7.33. The summed E-state index contributed by atoms with van der Waals surface area (Å²) < 4.78 is 26.4. The van der Waals surface area contributed by atoms with Crippen molar-refractivity contribution in [1.82, 2.24) is 24.2 Å². The van der Waals surface area contributed by atoms with Crippen LogP contribution in [0.4, 0.5) is 0 Å². The number of hydrogen-bond acceptors (Lipinski definition) is 5. The van der Waals surface area contributed by atoms with Gasteiger partial charge in [0.05, 0.1) is 18.1 Å². The van der Waals surface area contributed by atoms with Crippen molar-refractivity contribution < 1.29 is 13.2 Å². The highest BCUT2D eigenvalue weighted by molar-refractivity contribution is 7.88. The number of aromatic nitrogens is 3. The molecule has 22 heavy (non-hydrogen) atoms. The van der Waals surface area contributed by atoms with Gasteiger partial charge in [0.15, 0.2) is 5.65 Å². The fourth-order valence-electron chi connectivity index (χ4n) is 2.78. The number of fused-ring (bicyclic) bond motifs is 1. The van der Waals surface area contributed by atoms with E-state index in [1.165, 1.54) is 16.8 Å². The molecule has 1 fully saturated rings. The molecule has 0 aliphatic carbocycles. The lowest BCUT2D eigenvalue weighted by Gasteiger charge is -2.14. The molecule has 8 nitrogen and oxygen atoms in total. The van der Waals surface area contributed by atoms with E-state index in [1.54, 1.807) is 17.8 Å². The van der Waals surface area contributed by atoms with Crippen LogP contribution in [0.1, 0.15) is 28.4 Å². The van der Waals surface area contributed by atoms with E-state index in [-0.39, 0.29) is 11.8 Å². The number of carbonyl (C=O) groups excluding carboxylic acids is 1. The Kier molecular flexibility index (Phi) is 3.61. The average Bonchev–Trinajstić information content (AvgIpc) is 3.12. The van der Waals surface area contributed by atoms with Crippen molar-refractivity contribution in [3.8, 4) is 0 Å². The maximum atomic E-state index is 11.8. The molecule has 3 rings (SSSR count). The highest BCUT2D eigenvalue weighted by Gasteiger charge is 2.31. The van der Waals surface area contributed by atoms with Crippen LogP contribution in [0.3, 0.4) is 0 Å². The van der Waals surface area contributed by atoms with E-state index in [0.29, 0.717) is 24.3 Å². The van der Waals surface area contributed by atoms with Gasteiger partial charge in [0.25, 0.3) is 5.91 Å². The minimum atomic E-state index is -3.18. The second kappa shape index (κ2) is 5.33. The van der Waals surface area contributed by atoms with Gasteiger partial charge in [-0.1, -0.05) is 0 Å². The fourth-order valence-corrected chi connectivity index (χ4v) is 3.67. The monoisotopic (exact) mass is 323 g/mol. The van der Waals surface area contributed by atoms with E-state index in [2.05, 4.69) is 15.4 Å². The number of hydrogen-bond donors (Lipinski definition) is 1. The highest BCUT2D eigenvalue weighted by Crippen LogP contribution is 2.28. The van der Waals surface area contributed by atoms with Crippen LogP contribution in [0.25, 0.3) is 5.65 Å². The topological polar surface area (TPSA) is 96.7 Å². The van der Waals surface area contributed by atoms with Crippen molar-refractivity contribution in [1.29, 1.82) is 0 Å². The summed E-state index contributed by atoms with van der Waals surface area (Å²) in [5, 5.41) is 6.80. The quantitative estimate of drug-likeness (QED) is 0.846. The van der Waals surface area contributed by atoms with Crippen molar-refractivity contribution in [3.05, 3.63) is 29.7 Å². The van der Waals surface area contributed by atoms with E-state index >= 15 is 0 Å². The van der Waals surface area contributed by atoms with E-state index < -0.39 is 10.0 Å². The number of rotatable bonds is 3. The summed E-state index contributed by atoms with van der Waals surface area (Å²) in [7, 11) is -1.63. The van der Waals surface area contributed by atoms with E-state index in [0.717, 1.165) is 12.1 Å². The van der Waals surface area contributed by atoms with Crippen LogP contribution >= 0.6 is 0 Å². The molecule has 1 N–H and O–H groups in total. The molecule has 118 valence electrons. The Bertz CT molecular complexity index is 829. The lowest BCUT2D eigenvalue weighted by atomic mass is 10.0. The molecular formula is C13H17N5O3S.